The van der Waals surface area contributed by atoms with Gasteiger partial charge in [-0.15, -0.1) is 13.2 Å². The zero-order valence-electron chi connectivity index (χ0n) is 16.7. The Morgan fingerprint density at radius 3 is 2.13 bits per heavy atom. The predicted molar refractivity (Wildman–Crippen MR) is 105 cm³/mol. The van der Waals surface area contributed by atoms with E-state index in [1.807, 2.05) is 6.92 Å². The molecule has 30 heavy (non-hydrogen) atoms. The van der Waals surface area contributed by atoms with Gasteiger partial charge in [0.2, 0.25) is 5.75 Å². The Kier molecular flexibility index (Phi) is 5.60. The third-order valence-corrected chi connectivity index (χ3v) is 6.26. The van der Waals surface area contributed by atoms with E-state index in [4.69, 9.17) is 0 Å². The van der Waals surface area contributed by atoms with Gasteiger partial charge in [-0.25, -0.2) is 8.78 Å². The molecular formula is C24H23F5O. The Labute approximate surface area is 172 Å². The number of halogens is 5. The lowest BCUT2D eigenvalue weighted by molar-refractivity contribution is -0.276. The maximum Gasteiger partial charge on any atom is 0.573 e. The summed E-state index contributed by atoms with van der Waals surface area (Å²) < 4.78 is 68.9. The first kappa shape index (κ1) is 20.9. The average molecular weight is 422 g/mol. The molecule has 2 aromatic carbocycles. The minimum absolute atomic E-state index is 0.140. The maximum absolute atomic E-state index is 14.1. The van der Waals surface area contributed by atoms with Crippen LogP contribution in [0.5, 0.6) is 5.75 Å². The van der Waals surface area contributed by atoms with E-state index in [0.717, 1.165) is 37.8 Å². The zero-order chi connectivity index (χ0) is 21.5. The van der Waals surface area contributed by atoms with Crippen LogP contribution in [0.15, 0.2) is 36.4 Å². The average Bonchev–Trinajstić information content (AvgIpc) is 2.69. The highest BCUT2D eigenvalue weighted by molar-refractivity contribution is 5.46. The van der Waals surface area contributed by atoms with E-state index in [1.54, 1.807) is 0 Å². The van der Waals surface area contributed by atoms with Crippen LogP contribution >= 0.6 is 0 Å². The molecule has 0 spiro atoms. The molecule has 2 atom stereocenters. The largest absolute Gasteiger partial charge is 0.573 e. The van der Waals surface area contributed by atoms with Crippen LogP contribution in [0, 0.1) is 17.6 Å². The molecule has 0 heterocycles. The molecule has 0 fully saturated rings. The Morgan fingerprint density at radius 1 is 0.933 bits per heavy atom. The number of hydrogen-bond donors (Lipinski definition) is 0. The summed E-state index contributed by atoms with van der Waals surface area (Å²) >= 11 is 0. The fourth-order valence-electron chi connectivity index (χ4n) is 4.95. The molecular weight excluding hydrogens is 399 g/mol. The fraction of sp³-hybridized carbons (Fsp3) is 0.417. The second-order valence-electron chi connectivity index (χ2n) is 8.17. The number of alkyl halides is 3. The van der Waals surface area contributed by atoms with E-state index < -0.39 is 23.7 Å². The number of benzene rings is 2. The summed E-state index contributed by atoms with van der Waals surface area (Å²) in [6.45, 7) is 2.04. The van der Waals surface area contributed by atoms with Gasteiger partial charge in [0, 0.05) is 0 Å². The molecule has 0 aromatic heterocycles. The molecule has 0 bridgehead atoms. The predicted octanol–water partition coefficient (Wildman–Crippen LogP) is 6.82. The van der Waals surface area contributed by atoms with Gasteiger partial charge in [-0.05, 0) is 97.2 Å². The van der Waals surface area contributed by atoms with Crippen molar-refractivity contribution in [3.05, 3.63) is 75.9 Å². The van der Waals surface area contributed by atoms with Crippen molar-refractivity contribution < 1.29 is 26.7 Å². The van der Waals surface area contributed by atoms with E-state index in [9.17, 15) is 22.0 Å². The molecule has 0 saturated heterocycles. The van der Waals surface area contributed by atoms with Crippen LogP contribution in [0.4, 0.5) is 22.0 Å². The van der Waals surface area contributed by atoms with Crippen molar-refractivity contribution in [3.8, 4) is 5.75 Å². The summed E-state index contributed by atoms with van der Waals surface area (Å²) in [5.74, 6) is -3.62. The van der Waals surface area contributed by atoms with E-state index in [-0.39, 0.29) is 5.92 Å². The Balaban J connectivity index is 1.57. The monoisotopic (exact) mass is 422 g/mol. The first-order chi connectivity index (χ1) is 14.2. The molecule has 0 N–H and O–H groups in total. The van der Waals surface area contributed by atoms with Crippen LogP contribution in [-0.2, 0) is 25.7 Å². The van der Waals surface area contributed by atoms with Crippen molar-refractivity contribution in [2.75, 3.05) is 0 Å². The van der Waals surface area contributed by atoms with E-state index in [0.29, 0.717) is 24.3 Å². The molecule has 2 aromatic rings. The molecule has 0 saturated carbocycles. The first-order valence-electron chi connectivity index (χ1n) is 10.2. The minimum Gasteiger partial charge on any atom is -0.399 e. The van der Waals surface area contributed by atoms with Crippen LogP contribution in [-0.4, -0.2) is 6.36 Å². The van der Waals surface area contributed by atoms with Crippen molar-refractivity contribution in [3.63, 3.8) is 0 Å². The van der Waals surface area contributed by atoms with Crippen molar-refractivity contribution in [2.45, 2.75) is 57.7 Å². The highest BCUT2D eigenvalue weighted by atomic mass is 19.4. The van der Waals surface area contributed by atoms with Gasteiger partial charge in [0.15, 0.2) is 11.6 Å². The Morgan fingerprint density at radius 2 is 1.53 bits per heavy atom. The van der Waals surface area contributed by atoms with Gasteiger partial charge in [-0.2, -0.15) is 0 Å². The molecule has 4 rings (SSSR count). The Hall–Kier alpha value is -2.37. The lowest BCUT2D eigenvalue weighted by atomic mass is 9.74. The normalized spacial score (nSPS) is 21.4. The van der Waals surface area contributed by atoms with E-state index in [2.05, 4.69) is 29.0 Å². The second-order valence-corrected chi connectivity index (χ2v) is 8.17. The summed E-state index contributed by atoms with van der Waals surface area (Å²) in [5, 5.41) is 0. The van der Waals surface area contributed by atoms with Crippen molar-refractivity contribution in [2.24, 2.45) is 5.92 Å². The summed E-state index contributed by atoms with van der Waals surface area (Å²) in [7, 11) is 0. The molecule has 160 valence electrons. The summed E-state index contributed by atoms with van der Waals surface area (Å²) in [5.41, 5.74) is 5.69. The topological polar surface area (TPSA) is 9.23 Å². The van der Waals surface area contributed by atoms with Gasteiger partial charge in [-0.3, -0.25) is 0 Å². The lowest BCUT2D eigenvalue weighted by Crippen LogP contribution is -2.21. The third kappa shape index (κ3) is 4.23. The highest BCUT2D eigenvalue weighted by Gasteiger charge is 2.35. The van der Waals surface area contributed by atoms with Gasteiger partial charge in [-0.1, -0.05) is 24.3 Å². The molecule has 0 radical (unpaired) electrons. The summed E-state index contributed by atoms with van der Waals surface area (Å²) in [4.78, 5) is 0. The second kappa shape index (κ2) is 8.05. The number of fused-ring (bicyclic) bond motifs is 3. The number of allylic oxidation sites excluding steroid dienone is 2. The highest BCUT2D eigenvalue weighted by Crippen LogP contribution is 2.40. The molecule has 2 aliphatic carbocycles. The van der Waals surface area contributed by atoms with Gasteiger partial charge < -0.3 is 4.74 Å². The summed E-state index contributed by atoms with van der Waals surface area (Å²) in [6.07, 6.45) is 4.54. The fourth-order valence-corrected chi connectivity index (χ4v) is 4.95. The molecule has 0 amide bonds. The van der Waals surface area contributed by atoms with Crippen molar-refractivity contribution >= 4 is 0 Å². The third-order valence-electron chi connectivity index (χ3n) is 6.26. The SMILES string of the molecule is C/C=C/C1CCc2c(ccc3c2CCC(c2cc(F)c(OC(F)(F)F)c(F)c2)C3)C1. The maximum atomic E-state index is 14.1. The van der Waals surface area contributed by atoms with Crippen molar-refractivity contribution in [1.82, 2.24) is 0 Å². The quantitative estimate of drug-likeness (QED) is 0.390. The van der Waals surface area contributed by atoms with Crippen molar-refractivity contribution in [1.29, 1.82) is 0 Å². The molecule has 1 nitrogen and oxygen atoms in total. The van der Waals surface area contributed by atoms with E-state index >= 15 is 0 Å². The zero-order valence-corrected chi connectivity index (χ0v) is 16.7. The van der Waals surface area contributed by atoms with Crippen LogP contribution in [0.2, 0.25) is 0 Å². The van der Waals surface area contributed by atoms with Crippen LogP contribution in [0.25, 0.3) is 0 Å². The number of rotatable bonds is 3. The van der Waals surface area contributed by atoms with Gasteiger partial charge in [0.25, 0.3) is 0 Å². The van der Waals surface area contributed by atoms with E-state index in [1.165, 1.54) is 22.3 Å². The lowest BCUT2D eigenvalue weighted by Gasteiger charge is -2.31. The van der Waals surface area contributed by atoms with Crippen LogP contribution in [0.3, 0.4) is 0 Å². The number of ether oxygens (including phenoxy) is 1. The standard InChI is InChI=1S/C24H23F5O/c1-2-3-14-4-8-19-16(10-14)5-6-17-11-15(7-9-20(17)19)18-12-21(25)23(22(26)13-18)30-24(27,28)29/h2-3,5-6,12-15H,4,7-11H2,1H3/b3-2+. The Bertz CT molecular complexity index is 953. The first-order valence-corrected chi connectivity index (χ1v) is 10.2. The molecule has 2 aliphatic rings. The summed E-state index contributed by atoms with van der Waals surface area (Å²) in [6, 6.07) is 6.21. The molecule has 2 unspecified atom stereocenters. The van der Waals surface area contributed by atoms with Gasteiger partial charge >= 0.3 is 6.36 Å². The van der Waals surface area contributed by atoms with Gasteiger partial charge in [0.1, 0.15) is 0 Å². The number of hydrogen-bond acceptors (Lipinski definition) is 1. The minimum atomic E-state index is -5.14. The molecule has 0 aliphatic heterocycles. The van der Waals surface area contributed by atoms with Crippen LogP contribution in [0.1, 0.15) is 53.5 Å². The molecule has 6 heteroatoms. The van der Waals surface area contributed by atoms with Crippen LogP contribution < -0.4 is 4.74 Å². The smallest absolute Gasteiger partial charge is 0.399 e. The van der Waals surface area contributed by atoms with Gasteiger partial charge in [0.05, 0.1) is 0 Å².